The van der Waals surface area contributed by atoms with Crippen LogP contribution in [0.5, 0.6) is 0 Å². The first-order chi connectivity index (χ1) is 6.56. The minimum atomic E-state index is -1.15. The van der Waals surface area contributed by atoms with Crippen LogP contribution in [0.1, 0.15) is 17.2 Å². The van der Waals surface area contributed by atoms with Crippen LogP contribution in [0.25, 0.3) is 0 Å². The van der Waals surface area contributed by atoms with Gasteiger partial charge in [-0.05, 0) is 24.1 Å². The van der Waals surface area contributed by atoms with Gasteiger partial charge in [0.25, 0.3) is 0 Å². The van der Waals surface area contributed by atoms with Gasteiger partial charge in [0.15, 0.2) is 0 Å². The molecule has 4 nitrogen and oxygen atoms in total. The summed E-state index contributed by atoms with van der Waals surface area (Å²) in [7, 11) is 0. The van der Waals surface area contributed by atoms with Gasteiger partial charge in [0.1, 0.15) is 12.2 Å². The fourth-order valence-electron chi connectivity index (χ4n) is 1.20. The molecule has 0 bridgehead atoms. The van der Waals surface area contributed by atoms with Gasteiger partial charge in [0, 0.05) is 5.69 Å². The average Bonchev–Trinajstić information content (AvgIpc) is 2.20. The first-order valence-electron chi connectivity index (χ1n) is 4.39. The lowest BCUT2D eigenvalue weighted by molar-refractivity contribution is -0.0152. The van der Waals surface area contributed by atoms with Gasteiger partial charge in [0.05, 0.1) is 6.61 Å². The SMILES string of the molecule is Cc1cc(C(O)C(O)CO)ccc1N. The predicted octanol–water partition coefficient (Wildman–Crippen LogP) is -0.0362. The van der Waals surface area contributed by atoms with Crippen molar-refractivity contribution in [1.82, 2.24) is 0 Å². The lowest BCUT2D eigenvalue weighted by Crippen LogP contribution is -2.22. The second-order valence-electron chi connectivity index (χ2n) is 3.31. The highest BCUT2D eigenvalue weighted by Gasteiger charge is 2.17. The van der Waals surface area contributed by atoms with Crippen LogP contribution in [-0.4, -0.2) is 28.0 Å². The Hall–Kier alpha value is -1.10. The smallest absolute Gasteiger partial charge is 0.107 e. The molecule has 0 aromatic heterocycles. The molecular weight excluding hydrogens is 182 g/mol. The van der Waals surface area contributed by atoms with Crippen LogP contribution in [0.4, 0.5) is 5.69 Å². The lowest BCUT2D eigenvalue weighted by atomic mass is 10.0. The molecule has 1 aromatic carbocycles. The molecule has 78 valence electrons. The molecule has 0 amide bonds. The van der Waals surface area contributed by atoms with E-state index in [1.165, 1.54) is 0 Å². The van der Waals surface area contributed by atoms with Crippen molar-refractivity contribution in [3.8, 4) is 0 Å². The predicted molar refractivity (Wildman–Crippen MR) is 53.6 cm³/mol. The third kappa shape index (κ3) is 2.23. The number of aliphatic hydroxyl groups is 3. The summed E-state index contributed by atoms with van der Waals surface area (Å²) in [6.07, 6.45) is -2.22. The molecule has 0 saturated heterocycles. The van der Waals surface area contributed by atoms with Gasteiger partial charge < -0.3 is 21.1 Å². The summed E-state index contributed by atoms with van der Waals surface area (Å²) in [6, 6.07) is 4.99. The number of aliphatic hydroxyl groups excluding tert-OH is 3. The summed E-state index contributed by atoms with van der Waals surface area (Å²) in [5, 5.41) is 27.4. The summed E-state index contributed by atoms with van der Waals surface area (Å²) < 4.78 is 0. The molecule has 0 heterocycles. The van der Waals surface area contributed by atoms with E-state index in [0.29, 0.717) is 11.3 Å². The molecular formula is C10H15NO3. The maximum atomic E-state index is 9.55. The second-order valence-corrected chi connectivity index (χ2v) is 3.31. The molecule has 0 aliphatic rings. The molecule has 1 aromatic rings. The van der Waals surface area contributed by atoms with E-state index in [4.69, 9.17) is 10.8 Å². The molecule has 0 aliphatic carbocycles. The van der Waals surface area contributed by atoms with Gasteiger partial charge in [-0.2, -0.15) is 0 Å². The van der Waals surface area contributed by atoms with E-state index in [-0.39, 0.29) is 0 Å². The van der Waals surface area contributed by atoms with E-state index < -0.39 is 18.8 Å². The van der Waals surface area contributed by atoms with E-state index in [0.717, 1.165) is 5.56 Å². The van der Waals surface area contributed by atoms with Crippen molar-refractivity contribution < 1.29 is 15.3 Å². The Morgan fingerprint density at radius 1 is 1.36 bits per heavy atom. The van der Waals surface area contributed by atoms with Crippen molar-refractivity contribution in [2.24, 2.45) is 0 Å². The number of rotatable bonds is 3. The number of hydrogen-bond donors (Lipinski definition) is 4. The molecule has 2 unspecified atom stereocenters. The zero-order chi connectivity index (χ0) is 10.7. The fourth-order valence-corrected chi connectivity index (χ4v) is 1.20. The Kier molecular flexibility index (Phi) is 3.46. The Morgan fingerprint density at radius 2 is 2.00 bits per heavy atom. The number of benzene rings is 1. The van der Waals surface area contributed by atoms with Gasteiger partial charge in [-0.3, -0.25) is 0 Å². The van der Waals surface area contributed by atoms with Crippen molar-refractivity contribution in [2.75, 3.05) is 12.3 Å². The largest absolute Gasteiger partial charge is 0.399 e. The topological polar surface area (TPSA) is 86.7 Å². The maximum absolute atomic E-state index is 9.55. The summed E-state index contributed by atoms with van der Waals surface area (Å²) >= 11 is 0. The summed E-state index contributed by atoms with van der Waals surface area (Å²) in [5.74, 6) is 0. The van der Waals surface area contributed by atoms with Crippen molar-refractivity contribution in [1.29, 1.82) is 0 Å². The highest BCUT2D eigenvalue weighted by molar-refractivity contribution is 5.48. The van der Waals surface area contributed by atoms with Crippen LogP contribution in [0, 0.1) is 6.92 Å². The first kappa shape index (κ1) is 11.0. The molecule has 2 atom stereocenters. The first-order valence-corrected chi connectivity index (χ1v) is 4.39. The normalized spacial score (nSPS) is 15.1. The van der Waals surface area contributed by atoms with Crippen LogP contribution < -0.4 is 5.73 Å². The molecule has 1 rings (SSSR count). The minimum absolute atomic E-state index is 0.468. The number of anilines is 1. The summed E-state index contributed by atoms with van der Waals surface area (Å²) in [5.41, 5.74) is 7.64. The Bertz CT molecular complexity index is 314. The fraction of sp³-hybridized carbons (Fsp3) is 0.400. The quantitative estimate of drug-likeness (QED) is 0.512. The monoisotopic (exact) mass is 197 g/mol. The van der Waals surface area contributed by atoms with E-state index in [1.807, 2.05) is 6.92 Å². The van der Waals surface area contributed by atoms with Crippen LogP contribution in [0.15, 0.2) is 18.2 Å². The zero-order valence-electron chi connectivity index (χ0n) is 8.01. The van der Waals surface area contributed by atoms with Crippen LogP contribution in [0.3, 0.4) is 0 Å². The van der Waals surface area contributed by atoms with Gasteiger partial charge in [-0.1, -0.05) is 12.1 Å². The van der Waals surface area contributed by atoms with E-state index in [2.05, 4.69) is 0 Å². The average molecular weight is 197 g/mol. The van der Waals surface area contributed by atoms with Crippen molar-refractivity contribution in [3.05, 3.63) is 29.3 Å². The molecule has 14 heavy (non-hydrogen) atoms. The highest BCUT2D eigenvalue weighted by Crippen LogP contribution is 2.20. The van der Waals surface area contributed by atoms with Crippen molar-refractivity contribution in [2.45, 2.75) is 19.1 Å². The highest BCUT2D eigenvalue weighted by atomic mass is 16.4. The molecule has 5 N–H and O–H groups in total. The Balaban J connectivity index is 2.91. The third-order valence-electron chi connectivity index (χ3n) is 2.19. The second kappa shape index (κ2) is 4.41. The van der Waals surface area contributed by atoms with E-state index in [1.54, 1.807) is 18.2 Å². The van der Waals surface area contributed by atoms with E-state index in [9.17, 15) is 10.2 Å². The van der Waals surface area contributed by atoms with Crippen molar-refractivity contribution in [3.63, 3.8) is 0 Å². The zero-order valence-corrected chi connectivity index (χ0v) is 8.01. The molecule has 0 saturated carbocycles. The van der Waals surface area contributed by atoms with Crippen LogP contribution in [-0.2, 0) is 0 Å². The molecule has 4 heteroatoms. The maximum Gasteiger partial charge on any atom is 0.107 e. The number of nitrogen functional groups attached to an aromatic ring is 1. The van der Waals surface area contributed by atoms with Crippen molar-refractivity contribution >= 4 is 5.69 Å². The van der Waals surface area contributed by atoms with Gasteiger partial charge in [-0.15, -0.1) is 0 Å². The Morgan fingerprint density at radius 3 is 2.50 bits per heavy atom. The molecule has 0 fully saturated rings. The minimum Gasteiger partial charge on any atom is -0.399 e. The van der Waals surface area contributed by atoms with Gasteiger partial charge in [0.2, 0.25) is 0 Å². The standard InChI is InChI=1S/C10H15NO3/c1-6-4-7(2-3-8(6)11)10(14)9(13)5-12/h2-4,9-10,12-14H,5,11H2,1H3. The summed E-state index contributed by atoms with van der Waals surface area (Å²) in [6.45, 7) is 1.35. The van der Waals surface area contributed by atoms with Crippen LogP contribution in [0.2, 0.25) is 0 Å². The molecule has 0 radical (unpaired) electrons. The lowest BCUT2D eigenvalue weighted by Gasteiger charge is -2.16. The Labute approximate surface area is 82.6 Å². The van der Waals surface area contributed by atoms with Gasteiger partial charge in [-0.25, -0.2) is 0 Å². The summed E-state index contributed by atoms with van der Waals surface area (Å²) in [4.78, 5) is 0. The van der Waals surface area contributed by atoms with Gasteiger partial charge >= 0.3 is 0 Å². The number of nitrogens with two attached hydrogens (primary N) is 1. The molecule has 0 spiro atoms. The number of hydrogen-bond acceptors (Lipinski definition) is 4. The number of aryl methyl sites for hydroxylation is 1. The van der Waals surface area contributed by atoms with Crippen LogP contribution >= 0.6 is 0 Å². The van der Waals surface area contributed by atoms with E-state index >= 15 is 0 Å². The third-order valence-corrected chi connectivity index (χ3v) is 2.19. The molecule has 0 aliphatic heterocycles.